The molecule has 9 heteroatoms. The van der Waals surface area contributed by atoms with Crippen LogP contribution in [0.4, 0.5) is 27.7 Å². The maximum atomic E-state index is 14.6. The number of nitrogens with zero attached hydrogens (tertiary/aromatic N) is 4. The topological polar surface area (TPSA) is 92.0 Å². The molecule has 1 aliphatic rings. The van der Waals surface area contributed by atoms with E-state index >= 15 is 0 Å². The van der Waals surface area contributed by atoms with Gasteiger partial charge < -0.3 is 21.3 Å². The van der Waals surface area contributed by atoms with Crippen LogP contribution in [0.5, 0.6) is 0 Å². The lowest BCUT2D eigenvalue weighted by molar-refractivity contribution is 0.447. The predicted octanol–water partition coefficient (Wildman–Crippen LogP) is 3.68. The Morgan fingerprint density at radius 2 is 2.00 bits per heavy atom. The number of nitrogen functional groups attached to an aromatic ring is 1. The minimum Gasteiger partial charge on any atom is -0.368 e. The number of hydrogen-bond acceptors (Lipinski definition) is 8. The van der Waals surface area contributed by atoms with Gasteiger partial charge in [-0.2, -0.15) is 9.97 Å². The first kappa shape index (κ1) is 20.4. The predicted molar refractivity (Wildman–Crippen MR) is 119 cm³/mol. The molecule has 3 heterocycles. The normalized spacial score (nSPS) is 16.5. The van der Waals surface area contributed by atoms with Crippen molar-refractivity contribution in [3.63, 3.8) is 0 Å². The molecule has 30 heavy (non-hydrogen) atoms. The van der Waals surface area contributed by atoms with Crippen molar-refractivity contribution in [1.29, 1.82) is 0 Å². The van der Waals surface area contributed by atoms with Crippen LogP contribution >= 0.6 is 11.8 Å². The standard InChI is InChI=1S/C21H24FN7S/c1-24-15-3-2-10-29(13-15)20-12-19(27-21(23)28-20)26-14-4-5-18(17(22)11-14)30-16-6-8-25-9-7-16/h4-9,11-12,15,24H,2-3,10,13H2,1H3,(H3,23,26,27,28). The Bertz CT molecular complexity index is 1000. The van der Waals surface area contributed by atoms with Gasteiger partial charge in [-0.1, -0.05) is 11.8 Å². The second kappa shape index (κ2) is 9.27. The summed E-state index contributed by atoms with van der Waals surface area (Å²) in [5.74, 6) is 1.19. The lowest BCUT2D eigenvalue weighted by Crippen LogP contribution is -2.44. The van der Waals surface area contributed by atoms with Crippen molar-refractivity contribution in [2.24, 2.45) is 0 Å². The molecule has 0 spiro atoms. The van der Waals surface area contributed by atoms with Crippen LogP contribution in [0.15, 0.2) is 58.6 Å². The summed E-state index contributed by atoms with van der Waals surface area (Å²) >= 11 is 1.35. The molecule has 0 radical (unpaired) electrons. The maximum Gasteiger partial charge on any atom is 0.223 e. The summed E-state index contributed by atoms with van der Waals surface area (Å²) in [6.45, 7) is 1.78. The van der Waals surface area contributed by atoms with E-state index in [0.29, 0.717) is 22.4 Å². The monoisotopic (exact) mass is 425 g/mol. The minimum atomic E-state index is -0.308. The zero-order valence-electron chi connectivity index (χ0n) is 16.7. The van der Waals surface area contributed by atoms with E-state index in [0.717, 1.165) is 36.6 Å². The molecule has 0 aliphatic carbocycles. The van der Waals surface area contributed by atoms with E-state index in [9.17, 15) is 4.39 Å². The largest absolute Gasteiger partial charge is 0.368 e. The summed E-state index contributed by atoms with van der Waals surface area (Å²) in [4.78, 5) is 16.3. The van der Waals surface area contributed by atoms with Gasteiger partial charge >= 0.3 is 0 Å². The minimum absolute atomic E-state index is 0.187. The molecule has 7 nitrogen and oxygen atoms in total. The van der Waals surface area contributed by atoms with Crippen molar-refractivity contribution in [1.82, 2.24) is 20.3 Å². The zero-order chi connectivity index (χ0) is 20.9. The Hall–Kier alpha value is -2.91. The quantitative estimate of drug-likeness (QED) is 0.551. The number of nitrogens with two attached hydrogens (primary N) is 1. The molecule has 1 fully saturated rings. The highest BCUT2D eigenvalue weighted by Crippen LogP contribution is 2.31. The van der Waals surface area contributed by atoms with Gasteiger partial charge in [0.15, 0.2) is 0 Å². The SMILES string of the molecule is CNC1CCCN(c2cc(Nc3ccc(Sc4ccncc4)c(F)c3)nc(N)n2)C1. The Labute approximate surface area is 179 Å². The molecule has 156 valence electrons. The number of anilines is 4. The number of rotatable bonds is 6. The fourth-order valence-corrected chi connectivity index (χ4v) is 4.25. The highest BCUT2D eigenvalue weighted by atomic mass is 32.2. The molecule has 0 saturated carbocycles. The highest BCUT2D eigenvalue weighted by molar-refractivity contribution is 7.99. The third kappa shape index (κ3) is 4.98. The number of nitrogens with one attached hydrogen (secondary N) is 2. The van der Waals surface area contributed by atoms with Crippen LogP contribution in [-0.4, -0.2) is 41.1 Å². The van der Waals surface area contributed by atoms with Crippen molar-refractivity contribution in [3.05, 3.63) is 54.6 Å². The summed E-state index contributed by atoms with van der Waals surface area (Å²) < 4.78 is 14.6. The van der Waals surface area contributed by atoms with Gasteiger partial charge in [0.25, 0.3) is 0 Å². The maximum absolute atomic E-state index is 14.6. The van der Waals surface area contributed by atoms with Crippen LogP contribution in [-0.2, 0) is 0 Å². The number of hydrogen-bond donors (Lipinski definition) is 3. The van der Waals surface area contributed by atoms with Gasteiger partial charge in [0.2, 0.25) is 5.95 Å². The Morgan fingerprint density at radius 1 is 1.17 bits per heavy atom. The fourth-order valence-electron chi connectivity index (χ4n) is 3.44. The van der Waals surface area contributed by atoms with Gasteiger partial charge in [-0.05, 0) is 50.2 Å². The summed E-state index contributed by atoms with van der Waals surface area (Å²) in [5, 5.41) is 6.47. The number of halogens is 1. The molecule has 3 aromatic rings. The van der Waals surface area contributed by atoms with E-state index < -0.39 is 0 Å². The molecule has 0 bridgehead atoms. The van der Waals surface area contributed by atoms with Gasteiger partial charge in [0.1, 0.15) is 17.5 Å². The number of benzene rings is 1. The van der Waals surface area contributed by atoms with E-state index in [2.05, 4.69) is 30.5 Å². The van der Waals surface area contributed by atoms with Crippen molar-refractivity contribution < 1.29 is 4.39 Å². The van der Waals surface area contributed by atoms with E-state index in [1.165, 1.54) is 17.8 Å². The molecular formula is C21H24FN7S. The number of aromatic nitrogens is 3. The van der Waals surface area contributed by atoms with E-state index in [4.69, 9.17) is 5.73 Å². The summed E-state index contributed by atoms with van der Waals surface area (Å²) in [6, 6.07) is 11.0. The van der Waals surface area contributed by atoms with Gasteiger partial charge in [0.05, 0.1) is 0 Å². The second-order valence-electron chi connectivity index (χ2n) is 7.10. The van der Waals surface area contributed by atoms with Crippen LogP contribution in [0.25, 0.3) is 0 Å². The molecule has 0 amide bonds. The zero-order valence-corrected chi connectivity index (χ0v) is 17.5. The lowest BCUT2D eigenvalue weighted by atomic mass is 10.1. The van der Waals surface area contributed by atoms with Crippen molar-refractivity contribution >= 4 is 35.0 Å². The van der Waals surface area contributed by atoms with E-state index in [1.54, 1.807) is 18.5 Å². The fraction of sp³-hybridized carbons (Fsp3) is 0.286. The molecule has 1 aliphatic heterocycles. The van der Waals surface area contributed by atoms with E-state index in [-0.39, 0.29) is 11.8 Å². The van der Waals surface area contributed by atoms with Crippen LogP contribution in [0, 0.1) is 5.82 Å². The summed E-state index contributed by atoms with van der Waals surface area (Å²) in [7, 11) is 1.97. The first-order chi connectivity index (χ1) is 14.6. The first-order valence-corrected chi connectivity index (χ1v) is 10.6. The molecular weight excluding hydrogens is 401 g/mol. The smallest absolute Gasteiger partial charge is 0.223 e. The highest BCUT2D eigenvalue weighted by Gasteiger charge is 2.20. The lowest BCUT2D eigenvalue weighted by Gasteiger charge is -2.33. The Kier molecular flexibility index (Phi) is 6.29. The molecule has 4 N–H and O–H groups in total. The summed E-state index contributed by atoms with van der Waals surface area (Å²) in [5.41, 5.74) is 6.54. The number of piperidine rings is 1. The van der Waals surface area contributed by atoms with Crippen molar-refractivity contribution in [3.8, 4) is 0 Å². The third-order valence-corrected chi connectivity index (χ3v) is 6.02. The van der Waals surface area contributed by atoms with Crippen LogP contribution < -0.4 is 21.3 Å². The molecule has 1 unspecified atom stereocenters. The van der Waals surface area contributed by atoms with Crippen molar-refractivity contribution in [2.45, 2.75) is 28.7 Å². The van der Waals surface area contributed by atoms with Gasteiger partial charge in [-0.3, -0.25) is 4.98 Å². The molecule has 2 aromatic heterocycles. The van der Waals surface area contributed by atoms with Crippen LogP contribution in [0.1, 0.15) is 12.8 Å². The Balaban J connectivity index is 1.50. The average molecular weight is 426 g/mol. The number of pyridine rings is 1. The molecule has 1 aromatic carbocycles. The third-order valence-electron chi connectivity index (χ3n) is 4.97. The molecule has 1 atom stereocenters. The van der Waals surface area contributed by atoms with Crippen LogP contribution in [0.3, 0.4) is 0 Å². The van der Waals surface area contributed by atoms with Crippen LogP contribution in [0.2, 0.25) is 0 Å². The van der Waals surface area contributed by atoms with E-state index in [1.807, 2.05) is 31.3 Å². The molecule has 4 rings (SSSR count). The average Bonchev–Trinajstić information content (AvgIpc) is 2.76. The van der Waals surface area contributed by atoms with Gasteiger partial charge in [0, 0.05) is 53.1 Å². The first-order valence-electron chi connectivity index (χ1n) is 9.82. The Morgan fingerprint density at radius 3 is 2.77 bits per heavy atom. The summed E-state index contributed by atoms with van der Waals surface area (Å²) in [6.07, 6.45) is 5.60. The van der Waals surface area contributed by atoms with Gasteiger partial charge in [-0.15, -0.1) is 0 Å². The molecule has 1 saturated heterocycles. The van der Waals surface area contributed by atoms with Gasteiger partial charge in [-0.25, -0.2) is 4.39 Å². The van der Waals surface area contributed by atoms with Crippen molar-refractivity contribution in [2.75, 3.05) is 36.1 Å². The second-order valence-corrected chi connectivity index (χ2v) is 8.21. The number of likely N-dealkylation sites (N-methyl/N-ethyl adjacent to an activating group) is 1.